The first kappa shape index (κ1) is 11.8. The summed E-state index contributed by atoms with van der Waals surface area (Å²) in [7, 11) is 0. The van der Waals surface area contributed by atoms with Crippen molar-refractivity contribution < 1.29 is 14.7 Å². The lowest BCUT2D eigenvalue weighted by Crippen LogP contribution is -2.38. The predicted molar refractivity (Wildman–Crippen MR) is 66.3 cm³/mol. The third-order valence-electron chi connectivity index (χ3n) is 2.55. The van der Waals surface area contributed by atoms with Crippen LogP contribution >= 0.6 is 11.8 Å². The maximum Gasteiger partial charge on any atom is 0.279 e. The summed E-state index contributed by atoms with van der Waals surface area (Å²) in [6.45, 7) is 1.72. The van der Waals surface area contributed by atoms with Crippen LogP contribution in [-0.2, 0) is 4.79 Å². The summed E-state index contributed by atoms with van der Waals surface area (Å²) in [6.07, 6.45) is 0. The summed E-state index contributed by atoms with van der Waals surface area (Å²) in [5.41, 5.74) is 1.17. The first-order valence-corrected chi connectivity index (χ1v) is 6.09. The van der Waals surface area contributed by atoms with Gasteiger partial charge in [-0.15, -0.1) is 0 Å². The molecular weight excluding hydrogens is 240 g/mol. The number of phenols is 1. The molecular formula is C11H12N2O3S. The largest absolute Gasteiger partial charge is 0.508 e. The smallest absolute Gasteiger partial charge is 0.279 e. The number of nitrogens with one attached hydrogen (secondary N) is 2. The monoisotopic (exact) mass is 252 g/mol. The van der Waals surface area contributed by atoms with Crippen LogP contribution in [0.25, 0.3) is 0 Å². The number of hydrogen-bond donors (Lipinski definition) is 3. The topological polar surface area (TPSA) is 78.4 Å². The molecule has 0 bridgehead atoms. The van der Waals surface area contributed by atoms with Crippen molar-refractivity contribution in [2.24, 2.45) is 0 Å². The van der Waals surface area contributed by atoms with Gasteiger partial charge in [-0.2, -0.15) is 0 Å². The van der Waals surface area contributed by atoms with E-state index in [1.54, 1.807) is 25.1 Å². The molecule has 0 radical (unpaired) electrons. The zero-order valence-electron chi connectivity index (χ0n) is 9.19. The Hall–Kier alpha value is -1.69. The number of carbonyl (C=O) groups is 2. The standard InChI is InChI=1S/C11H12N2O3S/c1-6-7(3-2-4-9(6)14)12-10(15)8-5-17-11(16)13-8/h2-4,8,14H,5H2,1H3,(H,12,15)(H,13,16). The molecule has 2 rings (SSSR count). The van der Waals surface area contributed by atoms with E-state index < -0.39 is 6.04 Å². The van der Waals surface area contributed by atoms with E-state index in [-0.39, 0.29) is 16.9 Å². The maximum absolute atomic E-state index is 11.8. The Bertz CT molecular complexity index is 476. The molecule has 1 aliphatic rings. The van der Waals surface area contributed by atoms with Crippen LogP contribution in [0, 0.1) is 6.92 Å². The summed E-state index contributed by atoms with van der Waals surface area (Å²) in [5, 5.41) is 14.6. The van der Waals surface area contributed by atoms with Gasteiger partial charge in [-0.25, -0.2) is 0 Å². The van der Waals surface area contributed by atoms with Gasteiger partial charge in [0.15, 0.2) is 0 Å². The van der Waals surface area contributed by atoms with Crippen molar-refractivity contribution in [3.8, 4) is 5.75 Å². The zero-order chi connectivity index (χ0) is 12.4. The molecule has 1 fully saturated rings. The first-order chi connectivity index (χ1) is 8.08. The average Bonchev–Trinajstić information content (AvgIpc) is 2.72. The van der Waals surface area contributed by atoms with Gasteiger partial charge in [0.2, 0.25) is 5.91 Å². The van der Waals surface area contributed by atoms with E-state index in [0.717, 1.165) is 11.8 Å². The summed E-state index contributed by atoms with van der Waals surface area (Å²) < 4.78 is 0. The van der Waals surface area contributed by atoms with Crippen LogP contribution in [0.3, 0.4) is 0 Å². The van der Waals surface area contributed by atoms with Crippen molar-refractivity contribution in [1.82, 2.24) is 5.32 Å². The number of aromatic hydroxyl groups is 1. The van der Waals surface area contributed by atoms with Gasteiger partial charge in [-0.05, 0) is 19.1 Å². The lowest BCUT2D eigenvalue weighted by Gasteiger charge is -2.12. The number of phenolic OH excluding ortho intramolecular Hbond substituents is 1. The number of thioether (sulfide) groups is 1. The highest BCUT2D eigenvalue weighted by Crippen LogP contribution is 2.24. The van der Waals surface area contributed by atoms with Crippen LogP contribution < -0.4 is 10.6 Å². The maximum atomic E-state index is 11.8. The zero-order valence-corrected chi connectivity index (χ0v) is 10.0. The summed E-state index contributed by atoms with van der Waals surface area (Å²) in [4.78, 5) is 22.8. The Labute approximate surface area is 103 Å². The Morgan fingerprint density at radius 2 is 2.35 bits per heavy atom. The minimum absolute atomic E-state index is 0.132. The summed E-state index contributed by atoms with van der Waals surface area (Å²) >= 11 is 1.09. The van der Waals surface area contributed by atoms with Crippen molar-refractivity contribution in [3.05, 3.63) is 23.8 Å². The fourth-order valence-electron chi connectivity index (χ4n) is 1.50. The summed E-state index contributed by atoms with van der Waals surface area (Å²) in [6, 6.07) is 4.41. The van der Waals surface area contributed by atoms with E-state index >= 15 is 0 Å². The molecule has 2 amide bonds. The Morgan fingerprint density at radius 3 is 3.00 bits per heavy atom. The van der Waals surface area contributed by atoms with Gasteiger partial charge in [0.05, 0.1) is 0 Å². The molecule has 1 aromatic rings. The van der Waals surface area contributed by atoms with Gasteiger partial charge in [0.25, 0.3) is 5.24 Å². The second kappa shape index (κ2) is 4.67. The van der Waals surface area contributed by atoms with Crippen molar-refractivity contribution in [2.45, 2.75) is 13.0 Å². The Kier molecular flexibility index (Phi) is 3.23. The fourth-order valence-corrected chi connectivity index (χ4v) is 2.28. The van der Waals surface area contributed by atoms with Crippen LogP contribution in [0.4, 0.5) is 10.5 Å². The average molecular weight is 252 g/mol. The third kappa shape index (κ3) is 2.52. The van der Waals surface area contributed by atoms with E-state index in [0.29, 0.717) is 17.0 Å². The second-order valence-corrected chi connectivity index (χ2v) is 4.73. The normalized spacial score (nSPS) is 18.9. The van der Waals surface area contributed by atoms with E-state index in [2.05, 4.69) is 10.6 Å². The highest BCUT2D eigenvalue weighted by Gasteiger charge is 2.28. The van der Waals surface area contributed by atoms with Gasteiger partial charge in [-0.1, -0.05) is 17.8 Å². The Morgan fingerprint density at radius 1 is 1.59 bits per heavy atom. The van der Waals surface area contributed by atoms with Gasteiger partial charge in [0.1, 0.15) is 11.8 Å². The molecule has 0 spiro atoms. The molecule has 1 saturated heterocycles. The fraction of sp³-hybridized carbons (Fsp3) is 0.273. The summed E-state index contributed by atoms with van der Waals surface area (Å²) in [5.74, 6) is 0.299. The molecule has 1 heterocycles. The van der Waals surface area contributed by atoms with E-state index in [1.165, 1.54) is 0 Å². The lowest BCUT2D eigenvalue weighted by molar-refractivity contribution is -0.117. The van der Waals surface area contributed by atoms with Gasteiger partial charge < -0.3 is 15.7 Å². The number of amides is 2. The molecule has 6 heteroatoms. The van der Waals surface area contributed by atoms with E-state index in [1.807, 2.05) is 0 Å². The van der Waals surface area contributed by atoms with Crippen molar-refractivity contribution in [1.29, 1.82) is 0 Å². The van der Waals surface area contributed by atoms with Gasteiger partial charge >= 0.3 is 0 Å². The molecule has 1 aromatic carbocycles. The number of hydrogen-bond acceptors (Lipinski definition) is 4. The molecule has 0 aromatic heterocycles. The molecule has 5 nitrogen and oxygen atoms in total. The minimum atomic E-state index is -0.505. The molecule has 17 heavy (non-hydrogen) atoms. The van der Waals surface area contributed by atoms with E-state index in [9.17, 15) is 14.7 Å². The van der Waals surface area contributed by atoms with Crippen LogP contribution in [0.1, 0.15) is 5.56 Å². The number of carbonyl (C=O) groups excluding carboxylic acids is 2. The molecule has 3 N–H and O–H groups in total. The molecule has 1 atom stereocenters. The van der Waals surface area contributed by atoms with Crippen LogP contribution in [0.2, 0.25) is 0 Å². The van der Waals surface area contributed by atoms with Crippen LogP contribution in [-0.4, -0.2) is 28.0 Å². The highest BCUT2D eigenvalue weighted by atomic mass is 32.2. The second-order valence-electron chi connectivity index (χ2n) is 3.73. The predicted octanol–water partition coefficient (Wildman–Crippen LogP) is 1.46. The molecule has 1 aliphatic heterocycles. The van der Waals surface area contributed by atoms with Gasteiger partial charge in [0, 0.05) is 17.0 Å². The SMILES string of the molecule is Cc1c(O)cccc1NC(=O)C1CSC(=O)N1. The quantitative estimate of drug-likeness (QED) is 0.744. The first-order valence-electron chi connectivity index (χ1n) is 5.10. The third-order valence-corrected chi connectivity index (χ3v) is 3.43. The van der Waals surface area contributed by atoms with E-state index in [4.69, 9.17) is 0 Å². The Balaban J connectivity index is 2.08. The van der Waals surface area contributed by atoms with Crippen LogP contribution in [0.5, 0.6) is 5.75 Å². The molecule has 1 unspecified atom stereocenters. The van der Waals surface area contributed by atoms with Crippen molar-refractivity contribution >= 4 is 28.6 Å². The van der Waals surface area contributed by atoms with Gasteiger partial charge in [-0.3, -0.25) is 9.59 Å². The van der Waals surface area contributed by atoms with Crippen molar-refractivity contribution in [2.75, 3.05) is 11.1 Å². The lowest BCUT2D eigenvalue weighted by atomic mass is 10.1. The van der Waals surface area contributed by atoms with Crippen molar-refractivity contribution in [3.63, 3.8) is 0 Å². The molecule has 0 aliphatic carbocycles. The number of anilines is 1. The van der Waals surface area contributed by atoms with Crippen LogP contribution in [0.15, 0.2) is 18.2 Å². The number of benzene rings is 1. The minimum Gasteiger partial charge on any atom is -0.508 e. The molecule has 0 saturated carbocycles. The number of rotatable bonds is 2. The molecule has 90 valence electrons. The highest BCUT2D eigenvalue weighted by molar-refractivity contribution is 8.14.